The summed E-state index contributed by atoms with van der Waals surface area (Å²) in [5.74, 6) is 0.752. The van der Waals surface area contributed by atoms with E-state index in [-0.39, 0.29) is 0 Å². The van der Waals surface area contributed by atoms with Crippen LogP contribution in [0.3, 0.4) is 0 Å². The molecule has 2 nitrogen and oxygen atoms in total. The van der Waals surface area contributed by atoms with Crippen LogP contribution in [0.1, 0.15) is 49.1 Å². The van der Waals surface area contributed by atoms with E-state index in [1.807, 2.05) is 0 Å². The third kappa shape index (κ3) is 2.60. The van der Waals surface area contributed by atoms with Gasteiger partial charge in [-0.15, -0.1) is 0 Å². The Labute approximate surface area is 110 Å². The van der Waals surface area contributed by atoms with Crippen LogP contribution in [0.5, 0.6) is 0 Å². The molecule has 3 N–H and O–H groups in total. The van der Waals surface area contributed by atoms with Gasteiger partial charge in [0, 0.05) is 24.0 Å². The smallest absolute Gasteiger partial charge is 0.0145 e. The zero-order valence-electron chi connectivity index (χ0n) is 11.2. The van der Waals surface area contributed by atoms with Crippen molar-refractivity contribution >= 4 is 0 Å². The van der Waals surface area contributed by atoms with E-state index < -0.39 is 0 Å². The summed E-state index contributed by atoms with van der Waals surface area (Å²) in [5.41, 5.74) is 8.94. The third-order valence-electron chi connectivity index (χ3n) is 4.60. The van der Waals surface area contributed by atoms with Gasteiger partial charge in [0.2, 0.25) is 0 Å². The van der Waals surface area contributed by atoms with Crippen molar-refractivity contribution in [3.8, 4) is 0 Å². The minimum Gasteiger partial charge on any atom is -0.328 e. The Morgan fingerprint density at radius 2 is 1.83 bits per heavy atom. The van der Waals surface area contributed by atoms with Crippen molar-refractivity contribution in [3.63, 3.8) is 0 Å². The Bertz CT molecular complexity index is 407. The first-order valence-electron chi connectivity index (χ1n) is 7.31. The molecular weight excluding hydrogens is 220 g/mol. The molecule has 18 heavy (non-hydrogen) atoms. The Balaban J connectivity index is 1.54. The average Bonchev–Trinajstić information content (AvgIpc) is 3.12. The highest BCUT2D eigenvalue weighted by Crippen LogP contribution is 2.42. The number of hydrogen-bond donors (Lipinski definition) is 2. The first kappa shape index (κ1) is 12.2. The van der Waals surface area contributed by atoms with E-state index in [2.05, 4.69) is 36.5 Å². The second kappa shape index (κ2) is 5.02. The summed E-state index contributed by atoms with van der Waals surface area (Å²) in [5, 5.41) is 3.83. The molecule has 0 radical (unpaired) electrons. The summed E-state index contributed by atoms with van der Waals surface area (Å²) in [6.45, 7) is 2.23. The van der Waals surface area contributed by atoms with E-state index in [0.29, 0.717) is 18.1 Å². The molecule has 0 unspecified atom stereocenters. The largest absolute Gasteiger partial charge is 0.328 e. The normalized spacial score (nSPS) is 35.4. The molecule has 2 aliphatic carbocycles. The van der Waals surface area contributed by atoms with Gasteiger partial charge in [0.15, 0.2) is 0 Å². The van der Waals surface area contributed by atoms with E-state index in [1.54, 1.807) is 5.56 Å². The lowest BCUT2D eigenvalue weighted by Gasteiger charge is -2.27. The maximum Gasteiger partial charge on any atom is 0.0145 e. The van der Waals surface area contributed by atoms with E-state index in [4.69, 9.17) is 5.73 Å². The van der Waals surface area contributed by atoms with E-state index in [9.17, 15) is 0 Å². The maximum absolute atomic E-state index is 5.95. The quantitative estimate of drug-likeness (QED) is 0.858. The predicted molar refractivity (Wildman–Crippen MR) is 75.7 cm³/mol. The molecule has 3 rings (SSSR count). The van der Waals surface area contributed by atoms with Gasteiger partial charge in [-0.1, -0.05) is 24.3 Å². The number of aryl methyl sites for hydroxylation is 1. The molecule has 98 valence electrons. The molecule has 0 saturated heterocycles. The second-order valence-corrected chi connectivity index (χ2v) is 6.08. The van der Waals surface area contributed by atoms with Crippen molar-refractivity contribution < 1.29 is 0 Å². The zero-order valence-corrected chi connectivity index (χ0v) is 11.2. The topological polar surface area (TPSA) is 38.0 Å². The summed E-state index contributed by atoms with van der Waals surface area (Å²) in [6.07, 6.45) is 6.22. The minimum atomic E-state index is 0.453. The van der Waals surface area contributed by atoms with Gasteiger partial charge < -0.3 is 11.1 Å². The predicted octanol–water partition coefficient (Wildman–Crippen LogP) is 2.71. The van der Waals surface area contributed by atoms with Crippen molar-refractivity contribution in [1.29, 1.82) is 0 Å². The summed E-state index contributed by atoms with van der Waals surface area (Å²) in [7, 11) is 0. The molecule has 2 aliphatic rings. The van der Waals surface area contributed by atoms with E-state index in [1.165, 1.54) is 37.7 Å². The van der Waals surface area contributed by atoms with Crippen molar-refractivity contribution in [3.05, 3.63) is 35.4 Å². The SMILES string of the molecule is Cc1ccccc1[C@H]1C[C@@H]1NC1CCC(N)CC1. The highest BCUT2D eigenvalue weighted by Gasteiger charge is 2.40. The molecule has 1 aromatic rings. The number of nitrogens with one attached hydrogen (secondary N) is 1. The number of hydrogen-bond acceptors (Lipinski definition) is 2. The summed E-state index contributed by atoms with van der Waals surface area (Å²) < 4.78 is 0. The lowest BCUT2D eigenvalue weighted by molar-refractivity contribution is 0.339. The average molecular weight is 244 g/mol. The lowest BCUT2D eigenvalue weighted by atomic mass is 9.91. The molecule has 0 aromatic heterocycles. The number of benzene rings is 1. The van der Waals surface area contributed by atoms with Crippen LogP contribution < -0.4 is 11.1 Å². The summed E-state index contributed by atoms with van der Waals surface area (Å²) in [6, 6.07) is 10.7. The minimum absolute atomic E-state index is 0.453. The highest BCUT2D eigenvalue weighted by molar-refractivity contribution is 5.35. The van der Waals surface area contributed by atoms with Crippen LogP contribution in [-0.2, 0) is 0 Å². The molecule has 2 heteroatoms. The molecule has 0 aliphatic heterocycles. The molecule has 2 saturated carbocycles. The highest BCUT2D eigenvalue weighted by atomic mass is 15.0. The van der Waals surface area contributed by atoms with Gasteiger partial charge in [-0.25, -0.2) is 0 Å². The van der Waals surface area contributed by atoms with Crippen LogP contribution >= 0.6 is 0 Å². The molecule has 2 fully saturated rings. The molecular formula is C16H24N2. The molecule has 0 bridgehead atoms. The zero-order chi connectivity index (χ0) is 12.5. The Morgan fingerprint density at radius 1 is 1.11 bits per heavy atom. The van der Waals surface area contributed by atoms with Crippen molar-refractivity contribution in [2.24, 2.45) is 5.73 Å². The van der Waals surface area contributed by atoms with E-state index in [0.717, 1.165) is 5.92 Å². The standard InChI is InChI=1S/C16H24N2/c1-11-4-2-3-5-14(11)15-10-16(15)18-13-8-6-12(17)7-9-13/h2-5,12-13,15-16,18H,6-10,17H2,1H3/t12?,13?,15-,16+/m1/s1. The molecule has 0 heterocycles. The number of nitrogens with two attached hydrogens (primary N) is 1. The van der Waals surface area contributed by atoms with Crippen LogP contribution in [0.2, 0.25) is 0 Å². The van der Waals surface area contributed by atoms with Crippen LogP contribution in [0.15, 0.2) is 24.3 Å². The van der Waals surface area contributed by atoms with Crippen molar-refractivity contribution in [2.75, 3.05) is 0 Å². The van der Waals surface area contributed by atoms with Crippen LogP contribution in [0.4, 0.5) is 0 Å². The fourth-order valence-corrected chi connectivity index (χ4v) is 3.31. The first-order valence-corrected chi connectivity index (χ1v) is 7.31. The van der Waals surface area contributed by atoms with Crippen LogP contribution in [-0.4, -0.2) is 18.1 Å². The van der Waals surface area contributed by atoms with Gasteiger partial charge in [-0.2, -0.15) is 0 Å². The first-order chi connectivity index (χ1) is 8.74. The van der Waals surface area contributed by atoms with Gasteiger partial charge in [0.25, 0.3) is 0 Å². The fourth-order valence-electron chi connectivity index (χ4n) is 3.31. The van der Waals surface area contributed by atoms with Gasteiger partial charge in [0.1, 0.15) is 0 Å². The Morgan fingerprint density at radius 3 is 2.56 bits per heavy atom. The van der Waals surface area contributed by atoms with Crippen molar-refractivity contribution in [2.45, 2.75) is 63.1 Å². The van der Waals surface area contributed by atoms with E-state index >= 15 is 0 Å². The maximum atomic E-state index is 5.95. The molecule has 1 aromatic carbocycles. The van der Waals surface area contributed by atoms with Gasteiger partial charge in [-0.05, 0) is 50.2 Å². The van der Waals surface area contributed by atoms with Gasteiger partial charge in [0.05, 0.1) is 0 Å². The summed E-state index contributed by atoms with van der Waals surface area (Å²) >= 11 is 0. The van der Waals surface area contributed by atoms with Gasteiger partial charge in [-0.3, -0.25) is 0 Å². The molecule has 2 atom stereocenters. The van der Waals surface area contributed by atoms with Crippen LogP contribution in [0, 0.1) is 6.92 Å². The fraction of sp³-hybridized carbons (Fsp3) is 0.625. The third-order valence-corrected chi connectivity index (χ3v) is 4.60. The second-order valence-electron chi connectivity index (χ2n) is 6.08. The van der Waals surface area contributed by atoms with Crippen LogP contribution in [0.25, 0.3) is 0 Å². The Hall–Kier alpha value is -0.860. The summed E-state index contributed by atoms with van der Waals surface area (Å²) in [4.78, 5) is 0. The van der Waals surface area contributed by atoms with Crippen molar-refractivity contribution in [1.82, 2.24) is 5.32 Å². The molecule has 0 spiro atoms. The monoisotopic (exact) mass is 244 g/mol. The molecule has 0 amide bonds. The van der Waals surface area contributed by atoms with Gasteiger partial charge >= 0.3 is 0 Å². The Kier molecular flexibility index (Phi) is 3.40. The number of rotatable bonds is 3. The lowest BCUT2D eigenvalue weighted by Crippen LogP contribution is -2.38.